The van der Waals surface area contributed by atoms with E-state index in [0.717, 1.165) is 5.56 Å². The fraction of sp³-hybridized carbons (Fsp3) is 0.200. The van der Waals surface area contributed by atoms with Gasteiger partial charge >= 0.3 is 6.09 Å². The second-order valence-corrected chi connectivity index (χ2v) is 5.31. The Labute approximate surface area is 126 Å². The summed E-state index contributed by atoms with van der Waals surface area (Å²) < 4.78 is 5.60. The highest BCUT2D eigenvalue weighted by Crippen LogP contribution is 2.28. The third-order valence-corrected chi connectivity index (χ3v) is 3.67. The lowest BCUT2D eigenvalue weighted by atomic mass is 9.93. The zero-order chi connectivity index (χ0) is 14.8. The molecule has 0 saturated carbocycles. The Morgan fingerprint density at radius 3 is 2.52 bits per heavy atom. The number of pyridine rings is 1. The standard InChI is InChI=1S/C15H13ClN2O3/c16-12-2-4-13(5-3-12)21-14-6-1-10(7-17-14)11-8-18(9-11)15(19)20/h1-7,11H,8-9H2,(H,19,20). The molecule has 1 aromatic carbocycles. The molecule has 1 fully saturated rings. The molecule has 1 N–H and O–H groups in total. The van der Waals surface area contributed by atoms with Crippen molar-refractivity contribution in [1.29, 1.82) is 0 Å². The lowest BCUT2D eigenvalue weighted by molar-refractivity contribution is 0.105. The number of ether oxygens (including phenoxy) is 1. The number of amides is 1. The van der Waals surface area contributed by atoms with Gasteiger partial charge in [0.1, 0.15) is 5.75 Å². The Bertz CT molecular complexity index is 637. The summed E-state index contributed by atoms with van der Waals surface area (Å²) in [6.07, 6.45) is 0.858. The SMILES string of the molecule is O=C(O)N1CC(c2ccc(Oc3ccc(Cl)cc3)nc2)C1. The number of carbonyl (C=O) groups is 1. The summed E-state index contributed by atoms with van der Waals surface area (Å²) in [5.74, 6) is 1.38. The first-order valence-electron chi connectivity index (χ1n) is 6.49. The predicted octanol–water partition coefficient (Wildman–Crippen LogP) is 3.60. The van der Waals surface area contributed by atoms with Crippen LogP contribution in [0, 0.1) is 0 Å². The van der Waals surface area contributed by atoms with E-state index in [1.54, 1.807) is 36.5 Å². The van der Waals surface area contributed by atoms with Crippen LogP contribution in [0.2, 0.25) is 5.02 Å². The Balaban J connectivity index is 1.62. The van der Waals surface area contributed by atoms with Gasteiger partial charge in [0.2, 0.25) is 5.88 Å². The normalized spacial score (nSPS) is 14.6. The van der Waals surface area contributed by atoms with Crippen LogP contribution in [0.25, 0.3) is 0 Å². The van der Waals surface area contributed by atoms with Crippen LogP contribution < -0.4 is 4.74 Å². The van der Waals surface area contributed by atoms with Crippen LogP contribution in [0.3, 0.4) is 0 Å². The summed E-state index contributed by atoms with van der Waals surface area (Å²) in [4.78, 5) is 16.3. The molecule has 1 aliphatic rings. The molecule has 0 radical (unpaired) electrons. The Morgan fingerprint density at radius 2 is 1.95 bits per heavy atom. The van der Waals surface area contributed by atoms with Crippen LogP contribution in [0.4, 0.5) is 4.79 Å². The van der Waals surface area contributed by atoms with Gasteiger partial charge in [-0.05, 0) is 29.8 Å². The van der Waals surface area contributed by atoms with Crippen LogP contribution in [-0.2, 0) is 0 Å². The summed E-state index contributed by atoms with van der Waals surface area (Å²) in [7, 11) is 0. The topological polar surface area (TPSA) is 62.7 Å². The van der Waals surface area contributed by atoms with E-state index in [4.69, 9.17) is 21.4 Å². The minimum atomic E-state index is -0.873. The number of hydrogen-bond donors (Lipinski definition) is 1. The van der Waals surface area contributed by atoms with Crippen molar-refractivity contribution in [3.8, 4) is 11.6 Å². The number of hydrogen-bond acceptors (Lipinski definition) is 3. The molecule has 21 heavy (non-hydrogen) atoms. The molecule has 1 aliphatic heterocycles. The molecular weight excluding hydrogens is 292 g/mol. The Hall–Kier alpha value is -2.27. The van der Waals surface area contributed by atoms with Crippen LogP contribution in [0.15, 0.2) is 42.6 Å². The van der Waals surface area contributed by atoms with Gasteiger partial charge in [-0.15, -0.1) is 0 Å². The predicted molar refractivity (Wildman–Crippen MR) is 78.1 cm³/mol. The zero-order valence-corrected chi connectivity index (χ0v) is 11.8. The quantitative estimate of drug-likeness (QED) is 0.941. The summed E-state index contributed by atoms with van der Waals surface area (Å²) in [5.41, 5.74) is 1.02. The molecule has 1 saturated heterocycles. The van der Waals surface area contributed by atoms with Crippen LogP contribution >= 0.6 is 11.6 Å². The second kappa shape index (κ2) is 5.61. The number of halogens is 1. The molecule has 5 nitrogen and oxygen atoms in total. The lowest BCUT2D eigenvalue weighted by Gasteiger charge is -2.37. The molecule has 2 heterocycles. The van der Waals surface area contributed by atoms with E-state index in [9.17, 15) is 4.79 Å². The largest absolute Gasteiger partial charge is 0.465 e. The van der Waals surface area contributed by atoms with Crippen molar-refractivity contribution in [3.05, 3.63) is 53.2 Å². The minimum Gasteiger partial charge on any atom is -0.465 e. The molecule has 1 aromatic heterocycles. The minimum absolute atomic E-state index is 0.221. The molecule has 0 bridgehead atoms. The number of likely N-dealkylation sites (tertiary alicyclic amines) is 1. The van der Waals surface area contributed by atoms with Crippen molar-refractivity contribution < 1.29 is 14.6 Å². The molecule has 1 amide bonds. The van der Waals surface area contributed by atoms with Gasteiger partial charge in [0.25, 0.3) is 0 Å². The fourth-order valence-corrected chi connectivity index (χ4v) is 2.29. The molecule has 2 aromatic rings. The molecule has 0 spiro atoms. The average molecular weight is 305 g/mol. The number of nitrogens with zero attached hydrogens (tertiary/aromatic N) is 2. The summed E-state index contributed by atoms with van der Waals surface area (Å²) >= 11 is 5.81. The van der Waals surface area contributed by atoms with Gasteiger partial charge in [-0.3, -0.25) is 0 Å². The van der Waals surface area contributed by atoms with Gasteiger partial charge in [0.05, 0.1) is 0 Å². The van der Waals surface area contributed by atoms with Crippen LogP contribution in [0.1, 0.15) is 11.5 Å². The van der Waals surface area contributed by atoms with E-state index in [1.807, 2.05) is 6.07 Å². The van der Waals surface area contributed by atoms with Crippen molar-refractivity contribution in [1.82, 2.24) is 9.88 Å². The summed E-state index contributed by atoms with van der Waals surface area (Å²) in [6.45, 7) is 1.04. The monoisotopic (exact) mass is 304 g/mol. The van der Waals surface area contributed by atoms with Gasteiger partial charge in [0, 0.05) is 36.3 Å². The van der Waals surface area contributed by atoms with Crippen molar-refractivity contribution >= 4 is 17.7 Å². The first-order chi connectivity index (χ1) is 10.1. The molecule has 0 unspecified atom stereocenters. The maximum atomic E-state index is 10.7. The number of aromatic nitrogens is 1. The fourth-order valence-electron chi connectivity index (χ4n) is 2.16. The second-order valence-electron chi connectivity index (χ2n) is 4.87. The van der Waals surface area contributed by atoms with Gasteiger partial charge in [-0.1, -0.05) is 17.7 Å². The molecular formula is C15H13ClN2O3. The Morgan fingerprint density at radius 1 is 1.24 bits per heavy atom. The van der Waals surface area contributed by atoms with Gasteiger partial charge < -0.3 is 14.7 Å². The first kappa shape index (κ1) is 13.7. The highest BCUT2D eigenvalue weighted by molar-refractivity contribution is 6.30. The zero-order valence-electron chi connectivity index (χ0n) is 11.1. The van der Waals surface area contributed by atoms with E-state index in [-0.39, 0.29) is 5.92 Å². The van der Waals surface area contributed by atoms with E-state index in [0.29, 0.717) is 29.7 Å². The Kier molecular flexibility index (Phi) is 3.66. The van der Waals surface area contributed by atoms with E-state index >= 15 is 0 Å². The molecule has 108 valence electrons. The number of carboxylic acid groups (broad SMARTS) is 1. The molecule has 0 aliphatic carbocycles. The smallest absolute Gasteiger partial charge is 0.407 e. The van der Waals surface area contributed by atoms with Gasteiger partial charge in [-0.2, -0.15) is 0 Å². The summed E-state index contributed by atoms with van der Waals surface area (Å²) in [5, 5.41) is 9.46. The van der Waals surface area contributed by atoms with Gasteiger partial charge in [0.15, 0.2) is 0 Å². The maximum absolute atomic E-state index is 10.7. The van der Waals surface area contributed by atoms with Crippen molar-refractivity contribution in [2.45, 2.75) is 5.92 Å². The van der Waals surface area contributed by atoms with Crippen LogP contribution in [-0.4, -0.2) is 34.2 Å². The third-order valence-electron chi connectivity index (χ3n) is 3.42. The summed E-state index contributed by atoms with van der Waals surface area (Å²) in [6, 6.07) is 10.7. The number of benzene rings is 1. The van der Waals surface area contributed by atoms with E-state index in [2.05, 4.69) is 4.98 Å². The molecule has 6 heteroatoms. The highest BCUT2D eigenvalue weighted by Gasteiger charge is 2.31. The van der Waals surface area contributed by atoms with Crippen LogP contribution in [0.5, 0.6) is 11.6 Å². The third kappa shape index (κ3) is 3.08. The van der Waals surface area contributed by atoms with Crippen molar-refractivity contribution in [3.63, 3.8) is 0 Å². The van der Waals surface area contributed by atoms with E-state index < -0.39 is 6.09 Å². The van der Waals surface area contributed by atoms with Crippen molar-refractivity contribution in [2.24, 2.45) is 0 Å². The van der Waals surface area contributed by atoms with Crippen molar-refractivity contribution in [2.75, 3.05) is 13.1 Å². The molecule has 3 rings (SSSR count). The first-order valence-corrected chi connectivity index (χ1v) is 6.87. The highest BCUT2D eigenvalue weighted by atomic mass is 35.5. The molecule has 0 atom stereocenters. The van der Waals surface area contributed by atoms with E-state index in [1.165, 1.54) is 4.90 Å². The maximum Gasteiger partial charge on any atom is 0.407 e. The van der Waals surface area contributed by atoms with Gasteiger partial charge in [-0.25, -0.2) is 9.78 Å². The number of rotatable bonds is 3. The average Bonchev–Trinajstić information content (AvgIpc) is 2.41. The lowest BCUT2D eigenvalue weighted by Crippen LogP contribution is -2.47.